The summed E-state index contributed by atoms with van der Waals surface area (Å²) < 4.78 is 10.2. The minimum Gasteiger partial charge on any atom is -0.444 e. The number of aromatic nitrogens is 3. The summed E-state index contributed by atoms with van der Waals surface area (Å²) in [6, 6.07) is 11.8. The van der Waals surface area contributed by atoms with Gasteiger partial charge in [-0.15, -0.1) is 0 Å². The van der Waals surface area contributed by atoms with E-state index in [-0.39, 0.29) is 18.7 Å². The molecule has 4 rings (SSSR count). The molecule has 2 amide bonds. The number of benzene rings is 1. The van der Waals surface area contributed by atoms with Gasteiger partial charge < -0.3 is 9.26 Å². The van der Waals surface area contributed by atoms with Crippen molar-refractivity contribution in [2.75, 3.05) is 6.73 Å². The summed E-state index contributed by atoms with van der Waals surface area (Å²) in [4.78, 5) is 45.6. The number of fused-ring (bicyclic) bond motifs is 1. The summed E-state index contributed by atoms with van der Waals surface area (Å²) in [6.45, 7) is -0.436. The van der Waals surface area contributed by atoms with Gasteiger partial charge in [-0.25, -0.2) is 4.90 Å². The van der Waals surface area contributed by atoms with Crippen molar-refractivity contribution in [1.29, 1.82) is 0 Å². The van der Waals surface area contributed by atoms with Crippen molar-refractivity contribution in [2.45, 2.75) is 12.8 Å². The first kappa shape index (κ1) is 17.5. The van der Waals surface area contributed by atoms with Gasteiger partial charge in [0.1, 0.15) is 5.69 Å². The highest BCUT2D eigenvalue weighted by molar-refractivity contribution is 6.21. The number of nitrogens with zero attached hydrogens (tertiary/aromatic N) is 4. The lowest BCUT2D eigenvalue weighted by Gasteiger charge is -2.13. The van der Waals surface area contributed by atoms with E-state index in [9.17, 15) is 14.4 Å². The molecule has 1 aliphatic heterocycles. The van der Waals surface area contributed by atoms with Crippen LogP contribution in [0.5, 0.6) is 0 Å². The summed E-state index contributed by atoms with van der Waals surface area (Å²) in [5.41, 5.74) is 1.17. The minimum atomic E-state index is -0.589. The van der Waals surface area contributed by atoms with E-state index in [2.05, 4.69) is 15.1 Å². The van der Waals surface area contributed by atoms with Crippen LogP contribution in [0.15, 0.2) is 53.2 Å². The van der Waals surface area contributed by atoms with Crippen molar-refractivity contribution in [1.82, 2.24) is 20.0 Å². The smallest absolute Gasteiger partial charge is 0.308 e. The van der Waals surface area contributed by atoms with Crippen molar-refractivity contribution < 1.29 is 23.6 Å². The van der Waals surface area contributed by atoms with Gasteiger partial charge in [0.05, 0.1) is 17.5 Å². The molecule has 0 fully saturated rings. The Morgan fingerprint density at radius 1 is 1.04 bits per heavy atom. The maximum atomic E-state index is 12.2. The Morgan fingerprint density at radius 3 is 2.43 bits per heavy atom. The van der Waals surface area contributed by atoms with Crippen LogP contribution < -0.4 is 0 Å². The first-order chi connectivity index (χ1) is 13.6. The van der Waals surface area contributed by atoms with Gasteiger partial charge in [0, 0.05) is 12.6 Å². The molecule has 0 N–H and O–H groups in total. The number of hydrogen-bond donors (Lipinski definition) is 0. The van der Waals surface area contributed by atoms with Crippen molar-refractivity contribution in [3.8, 4) is 11.5 Å². The Hall–Kier alpha value is -3.88. The molecule has 0 spiro atoms. The van der Waals surface area contributed by atoms with Crippen LogP contribution in [0.4, 0.5) is 0 Å². The predicted molar refractivity (Wildman–Crippen MR) is 93.8 cm³/mol. The largest absolute Gasteiger partial charge is 0.444 e. The second-order valence-corrected chi connectivity index (χ2v) is 5.96. The number of esters is 1. The molecular formula is C19H14N4O5. The lowest BCUT2D eigenvalue weighted by Crippen LogP contribution is -2.33. The molecule has 28 heavy (non-hydrogen) atoms. The molecule has 1 aromatic carbocycles. The number of carbonyl (C=O) groups is 3. The summed E-state index contributed by atoms with van der Waals surface area (Å²) in [6.07, 6.45) is 1.75. The summed E-state index contributed by atoms with van der Waals surface area (Å²) in [5, 5.41) is 3.82. The normalized spacial score (nSPS) is 12.9. The van der Waals surface area contributed by atoms with E-state index in [1.54, 1.807) is 48.7 Å². The van der Waals surface area contributed by atoms with Gasteiger partial charge in [-0.05, 0) is 24.3 Å². The molecule has 3 heterocycles. The zero-order chi connectivity index (χ0) is 19.5. The third-order valence-corrected chi connectivity index (χ3v) is 4.14. The Bertz CT molecular complexity index is 1010. The summed E-state index contributed by atoms with van der Waals surface area (Å²) in [5.74, 6) is -0.960. The predicted octanol–water partition coefficient (Wildman–Crippen LogP) is 1.86. The molecule has 0 saturated heterocycles. The fraction of sp³-hybridized carbons (Fsp3) is 0.158. The second kappa shape index (κ2) is 7.39. The lowest BCUT2D eigenvalue weighted by atomic mass is 10.1. The molecule has 3 aromatic rings. The van der Waals surface area contributed by atoms with Gasteiger partial charge >= 0.3 is 5.97 Å². The van der Waals surface area contributed by atoms with Gasteiger partial charge in [0.2, 0.25) is 11.7 Å². The quantitative estimate of drug-likeness (QED) is 0.471. The van der Waals surface area contributed by atoms with Crippen molar-refractivity contribution >= 4 is 17.8 Å². The average Bonchev–Trinajstić information content (AvgIpc) is 3.30. The molecule has 0 bridgehead atoms. The zero-order valence-electron chi connectivity index (χ0n) is 14.6. The number of hydrogen-bond acceptors (Lipinski definition) is 8. The Morgan fingerprint density at radius 2 is 1.75 bits per heavy atom. The maximum Gasteiger partial charge on any atom is 0.308 e. The highest BCUT2D eigenvalue weighted by Gasteiger charge is 2.35. The second-order valence-electron chi connectivity index (χ2n) is 5.96. The van der Waals surface area contributed by atoms with Crippen LogP contribution in [-0.4, -0.2) is 44.5 Å². The molecule has 9 nitrogen and oxygen atoms in total. The van der Waals surface area contributed by atoms with Crippen LogP contribution in [0.25, 0.3) is 11.5 Å². The van der Waals surface area contributed by atoms with E-state index < -0.39 is 24.5 Å². The third kappa shape index (κ3) is 3.37. The number of pyridine rings is 1. The monoisotopic (exact) mass is 378 g/mol. The van der Waals surface area contributed by atoms with Crippen LogP contribution in [0.1, 0.15) is 33.0 Å². The average molecular weight is 378 g/mol. The molecule has 9 heteroatoms. The standard InChI is InChI=1S/C19H14N4O5/c24-16(9-8-15-21-17(22-28-15)14-7-3-4-10-20-14)27-11-23-18(25)12-5-1-2-6-13(12)19(23)26/h1-7,10H,8-9,11H2. The first-order valence-corrected chi connectivity index (χ1v) is 8.48. The number of aryl methyl sites for hydroxylation is 1. The molecule has 0 radical (unpaired) electrons. The van der Waals surface area contributed by atoms with Crippen LogP contribution in [0.2, 0.25) is 0 Å². The van der Waals surface area contributed by atoms with Gasteiger partial charge in [0.15, 0.2) is 6.73 Å². The Labute approximate surface area is 158 Å². The van der Waals surface area contributed by atoms with Crippen molar-refractivity contribution in [3.05, 3.63) is 65.7 Å². The lowest BCUT2D eigenvalue weighted by molar-refractivity contribution is -0.146. The molecule has 0 atom stereocenters. The van der Waals surface area contributed by atoms with Crippen molar-refractivity contribution in [2.24, 2.45) is 0 Å². The fourth-order valence-corrected chi connectivity index (χ4v) is 2.73. The van der Waals surface area contributed by atoms with Gasteiger partial charge in [0.25, 0.3) is 11.8 Å². The highest BCUT2D eigenvalue weighted by atomic mass is 16.5. The van der Waals surface area contributed by atoms with E-state index in [1.807, 2.05) is 0 Å². The number of carbonyl (C=O) groups excluding carboxylic acids is 3. The van der Waals surface area contributed by atoms with E-state index in [0.717, 1.165) is 4.90 Å². The van der Waals surface area contributed by atoms with Gasteiger partial charge in [-0.2, -0.15) is 4.98 Å². The SMILES string of the molecule is O=C(CCc1nc(-c2ccccn2)no1)OCN1C(=O)c2ccccc2C1=O. The minimum absolute atomic E-state index is 0.0347. The maximum absolute atomic E-state index is 12.2. The molecular weight excluding hydrogens is 364 g/mol. The van der Waals surface area contributed by atoms with E-state index in [0.29, 0.717) is 22.6 Å². The first-order valence-electron chi connectivity index (χ1n) is 8.48. The third-order valence-electron chi connectivity index (χ3n) is 4.14. The number of amides is 2. The van der Waals surface area contributed by atoms with Crippen LogP contribution in [-0.2, 0) is 16.0 Å². The Kier molecular flexibility index (Phi) is 4.63. The van der Waals surface area contributed by atoms with Gasteiger partial charge in [-0.1, -0.05) is 23.4 Å². The summed E-state index contributed by atoms with van der Waals surface area (Å²) in [7, 11) is 0. The molecule has 0 aliphatic carbocycles. The summed E-state index contributed by atoms with van der Waals surface area (Å²) >= 11 is 0. The van der Waals surface area contributed by atoms with Crippen molar-refractivity contribution in [3.63, 3.8) is 0 Å². The highest BCUT2D eigenvalue weighted by Crippen LogP contribution is 2.22. The molecule has 140 valence electrons. The molecule has 0 unspecified atom stereocenters. The fourth-order valence-electron chi connectivity index (χ4n) is 2.73. The van der Waals surface area contributed by atoms with E-state index in [4.69, 9.17) is 9.26 Å². The van der Waals surface area contributed by atoms with E-state index >= 15 is 0 Å². The molecule has 2 aromatic heterocycles. The zero-order valence-corrected chi connectivity index (χ0v) is 14.6. The van der Waals surface area contributed by atoms with Gasteiger partial charge in [-0.3, -0.25) is 19.4 Å². The number of imide groups is 1. The molecule has 1 aliphatic rings. The Balaban J connectivity index is 1.30. The number of rotatable bonds is 6. The van der Waals surface area contributed by atoms with Crippen LogP contribution >= 0.6 is 0 Å². The van der Waals surface area contributed by atoms with Crippen LogP contribution in [0, 0.1) is 0 Å². The van der Waals surface area contributed by atoms with E-state index in [1.165, 1.54) is 0 Å². The topological polar surface area (TPSA) is 115 Å². The molecule has 0 saturated carbocycles. The van der Waals surface area contributed by atoms with Crippen LogP contribution in [0.3, 0.4) is 0 Å². The number of ether oxygens (including phenoxy) is 1.